The van der Waals surface area contributed by atoms with Gasteiger partial charge in [-0.1, -0.05) is 35.9 Å². The number of hydrogen-bond donors (Lipinski definition) is 0. The fourth-order valence-corrected chi connectivity index (χ4v) is 5.29. The summed E-state index contributed by atoms with van der Waals surface area (Å²) in [5.41, 5.74) is 3.80. The molecule has 0 spiro atoms. The standard InChI is InChI=1S/C29H26N6O4/c1-19-7-9-21(10-8-19)34-29(37)27-25(23-5-3-4-6-24(23)31(27)2)26(30-34)28(36)33-17-15-32(16-18-33)20-11-13-22(14-12-20)35(38)39/h3-14H,15-18H2,1-2H3. The smallest absolute Gasteiger partial charge is 0.296 e. The highest BCUT2D eigenvalue weighted by atomic mass is 16.6. The van der Waals surface area contributed by atoms with E-state index in [4.69, 9.17) is 0 Å². The van der Waals surface area contributed by atoms with Crippen molar-refractivity contribution >= 4 is 39.1 Å². The molecule has 2 aromatic heterocycles. The number of carbonyl (C=O) groups excluding carboxylic acids is 1. The Morgan fingerprint density at radius 3 is 2.21 bits per heavy atom. The Morgan fingerprint density at radius 1 is 0.897 bits per heavy atom. The van der Waals surface area contributed by atoms with E-state index >= 15 is 0 Å². The maximum Gasteiger partial charge on any atom is 0.296 e. The lowest BCUT2D eigenvalue weighted by atomic mass is 10.1. The number of aryl methyl sites for hydroxylation is 2. The highest BCUT2D eigenvalue weighted by molar-refractivity contribution is 6.16. The maximum atomic E-state index is 14.0. The average Bonchev–Trinajstić information content (AvgIpc) is 3.26. The van der Waals surface area contributed by atoms with Crippen LogP contribution in [-0.4, -0.2) is 56.3 Å². The molecular weight excluding hydrogens is 496 g/mol. The molecule has 5 aromatic rings. The molecule has 196 valence electrons. The molecule has 0 aliphatic carbocycles. The van der Waals surface area contributed by atoms with Crippen molar-refractivity contribution < 1.29 is 9.72 Å². The normalized spacial score (nSPS) is 13.8. The fraction of sp³-hybridized carbons (Fsp3) is 0.207. The highest BCUT2D eigenvalue weighted by Gasteiger charge is 2.29. The van der Waals surface area contributed by atoms with Crippen LogP contribution in [0.25, 0.3) is 27.5 Å². The van der Waals surface area contributed by atoms with Gasteiger partial charge >= 0.3 is 0 Å². The number of hydrogen-bond acceptors (Lipinski definition) is 6. The molecule has 39 heavy (non-hydrogen) atoms. The van der Waals surface area contributed by atoms with Crippen molar-refractivity contribution in [1.82, 2.24) is 19.2 Å². The molecule has 0 bridgehead atoms. The van der Waals surface area contributed by atoms with E-state index in [1.54, 1.807) is 17.0 Å². The number of nitrogens with zero attached hydrogens (tertiary/aromatic N) is 6. The average molecular weight is 523 g/mol. The number of fused-ring (bicyclic) bond motifs is 3. The van der Waals surface area contributed by atoms with E-state index in [2.05, 4.69) is 10.00 Å². The molecule has 10 heteroatoms. The largest absolute Gasteiger partial charge is 0.368 e. The second kappa shape index (κ2) is 9.39. The van der Waals surface area contributed by atoms with Gasteiger partial charge in [-0.25, -0.2) is 0 Å². The van der Waals surface area contributed by atoms with Crippen LogP contribution in [0.4, 0.5) is 11.4 Å². The number of non-ortho nitro benzene ring substituents is 1. The molecule has 1 amide bonds. The minimum absolute atomic E-state index is 0.0430. The van der Waals surface area contributed by atoms with E-state index in [1.807, 2.05) is 67.1 Å². The number of nitro benzene ring substituents is 1. The van der Waals surface area contributed by atoms with Gasteiger partial charge in [0, 0.05) is 67.3 Å². The van der Waals surface area contributed by atoms with Gasteiger partial charge in [0.15, 0.2) is 5.69 Å². The maximum absolute atomic E-state index is 14.0. The first kappa shape index (κ1) is 24.4. The number of benzene rings is 3. The molecule has 3 aromatic carbocycles. The molecule has 0 N–H and O–H groups in total. The summed E-state index contributed by atoms with van der Waals surface area (Å²) >= 11 is 0. The molecule has 1 saturated heterocycles. The number of rotatable bonds is 4. The van der Waals surface area contributed by atoms with Crippen molar-refractivity contribution in [2.24, 2.45) is 7.05 Å². The van der Waals surface area contributed by atoms with Crippen LogP contribution in [0.5, 0.6) is 0 Å². The number of carbonyl (C=O) groups is 1. The summed E-state index contributed by atoms with van der Waals surface area (Å²) in [5.74, 6) is -0.236. The quantitative estimate of drug-likeness (QED) is 0.260. The van der Waals surface area contributed by atoms with Gasteiger partial charge in [-0.15, -0.1) is 0 Å². The van der Waals surface area contributed by atoms with Crippen molar-refractivity contribution in [3.63, 3.8) is 0 Å². The molecule has 1 aliphatic rings. The van der Waals surface area contributed by atoms with Gasteiger partial charge in [0.05, 0.1) is 10.6 Å². The van der Waals surface area contributed by atoms with Crippen molar-refractivity contribution in [3.05, 3.63) is 105 Å². The van der Waals surface area contributed by atoms with Crippen molar-refractivity contribution in [3.8, 4) is 5.69 Å². The molecule has 0 atom stereocenters. The molecular formula is C29H26N6O4. The summed E-state index contributed by atoms with van der Waals surface area (Å²) in [7, 11) is 1.84. The van der Waals surface area contributed by atoms with Gasteiger partial charge in [-0.3, -0.25) is 19.7 Å². The molecule has 3 heterocycles. The van der Waals surface area contributed by atoms with Crippen molar-refractivity contribution in [1.29, 1.82) is 0 Å². The Morgan fingerprint density at radius 2 is 1.54 bits per heavy atom. The fourth-order valence-electron chi connectivity index (χ4n) is 5.29. The Balaban J connectivity index is 1.40. The second-order valence-corrected chi connectivity index (χ2v) is 9.75. The molecule has 1 fully saturated rings. The van der Waals surface area contributed by atoms with Crippen LogP contribution in [0.1, 0.15) is 16.1 Å². The van der Waals surface area contributed by atoms with Crippen molar-refractivity contribution in [2.75, 3.05) is 31.1 Å². The number of nitro groups is 1. The van der Waals surface area contributed by atoms with Crippen LogP contribution in [0.2, 0.25) is 0 Å². The van der Waals surface area contributed by atoms with Crippen LogP contribution in [-0.2, 0) is 7.05 Å². The zero-order chi connectivity index (χ0) is 27.3. The Hall–Kier alpha value is -4.99. The third-order valence-corrected chi connectivity index (χ3v) is 7.41. The van der Waals surface area contributed by atoms with Gasteiger partial charge in [-0.05, 0) is 37.3 Å². The summed E-state index contributed by atoms with van der Waals surface area (Å²) in [4.78, 5) is 42.2. The first-order valence-corrected chi connectivity index (χ1v) is 12.7. The van der Waals surface area contributed by atoms with Crippen LogP contribution >= 0.6 is 0 Å². The van der Waals surface area contributed by atoms with Gasteiger partial charge in [0.1, 0.15) is 5.52 Å². The number of amides is 1. The lowest BCUT2D eigenvalue weighted by Gasteiger charge is -2.36. The molecule has 1 aliphatic heterocycles. The summed E-state index contributed by atoms with van der Waals surface area (Å²) in [5, 5.41) is 17.0. The third kappa shape index (κ3) is 4.10. The van der Waals surface area contributed by atoms with Crippen LogP contribution in [0, 0.1) is 17.0 Å². The summed E-state index contributed by atoms with van der Waals surface area (Å²) in [6, 6.07) is 21.6. The van der Waals surface area contributed by atoms with E-state index in [0.29, 0.717) is 42.8 Å². The van der Waals surface area contributed by atoms with Gasteiger partial charge < -0.3 is 14.4 Å². The first-order chi connectivity index (χ1) is 18.8. The topological polar surface area (TPSA) is 107 Å². The molecule has 0 unspecified atom stereocenters. The van der Waals surface area contributed by atoms with Gasteiger partial charge in [0.25, 0.3) is 17.2 Å². The van der Waals surface area contributed by atoms with Crippen LogP contribution in [0.15, 0.2) is 77.6 Å². The van der Waals surface area contributed by atoms with Gasteiger partial charge in [0.2, 0.25) is 0 Å². The second-order valence-electron chi connectivity index (χ2n) is 9.75. The minimum atomic E-state index is -0.419. The summed E-state index contributed by atoms with van der Waals surface area (Å²) in [6.07, 6.45) is 0. The van der Waals surface area contributed by atoms with E-state index in [0.717, 1.165) is 22.2 Å². The molecule has 0 radical (unpaired) electrons. The number of piperazine rings is 1. The lowest BCUT2D eigenvalue weighted by molar-refractivity contribution is -0.384. The summed E-state index contributed by atoms with van der Waals surface area (Å²) < 4.78 is 3.16. The predicted molar refractivity (Wildman–Crippen MR) is 150 cm³/mol. The minimum Gasteiger partial charge on any atom is -0.368 e. The number of para-hydroxylation sites is 1. The Labute approximate surface area is 223 Å². The zero-order valence-corrected chi connectivity index (χ0v) is 21.6. The third-order valence-electron chi connectivity index (χ3n) is 7.41. The van der Waals surface area contributed by atoms with Crippen LogP contribution < -0.4 is 10.5 Å². The predicted octanol–water partition coefficient (Wildman–Crippen LogP) is 4.06. The van der Waals surface area contributed by atoms with Gasteiger partial charge in [-0.2, -0.15) is 9.78 Å². The lowest BCUT2D eigenvalue weighted by Crippen LogP contribution is -2.49. The molecule has 0 saturated carbocycles. The monoisotopic (exact) mass is 522 g/mol. The number of aromatic nitrogens is 3. The Kier molecular flexibility index (Phi) is 5.86. The molecule has 10 nitrogen and oxygen atoms in total. The molecule has 6 rings (SSSR count). The van der Waals surface area contributed by atoms with Crippen LogP contribution in [0.3, 0.4) is 0 Å². The van der Waals surface area contributed by atoms with Crippen molar-refractivity contribution in [2.45, 2.75) is 6.92 Å². The van der Waals surface area contributed by atoms with E-state index in [-0.39, 0.29) is 22.8 Å². The summed E-state index contributed by atoms with van der Waals surface area (Å²) in [6.45, 7) is 4.01. The van der Waals surface area contributed by atoms with E-state index in [9.17, 15) is 19.7 Å². The Bertz CT molecular complexity index is 1800. The zero-order valence-electron chi connectivity index (χ0n) is 21.6. The highest BCUT2D eigenvalue weighted by Crippen LogP contribution is 2.29. The van der Waals surface area contributed by atoms with E-state index < -0.39 is 4.92 Å². The first-order valence-electron chi connectivity index (χ1n) is 12.7. The van der Waals surface area contributed by atoms with E-state index in [1.165, 1.54) is 16.8 Å². The number of anilines is 1. The SMILES string of the molecule is Cc1ccc(-n2nc(C(=O)N3CCN(c4ccc([N+](=O)[O-])cc4)CC3)c3c4ccccc4n(C)c3c2=O)cc1.